The molecule has 0 atom stereocenters. The van der Waals surface area contributed by atoms with E-state index in [1.54, 1.807) is 13.8 Å². The minimum atomic E-state index is -0.488. The highest BCUT2D eigenvalue weighted by atomic mass is 32.1. The molecule has 2 N–H and O–H groups in total. The second-order valence-electron chi connectivity index (χ2n) is 4.45. The highest BCUT2D eigenvalue weighted by Crippen LogP contribution is 2.20. The molecule has 2 heterocycles. The minimum Gasteiger partial charge on any atom is -0.460 e. The van der Waals surface area contributed by atoms with Gasteiger partial charge in [-0.25, -0.2) is 4.79 Å². The molecule has 2 aromatic rings. The Bertz CT molecular complexity index is 666. The van der Waals surface area contributed by atoms with Crippen LogP contribution in [0.25, 0.3) is 0 Å². The van der Waals surface area contributed by atoms with Crippen LogP contribution in [0.3, 0.4) is 0 Å². The molecule has 0 saturated heterocycles. The van der Waals surface area contributed by atoms with Gasteiger partial charge >= 0.3 is 5.97 Å². The molecule has 118 valence electrons. The first kappa shape index (κ1) is 16.1. The molecule has 0 aliphatic rings. The predicted molar refractivity (Wildman–Crippen MR) is 80.3 cm³/mol. The maximum Gasteiger partial charge on any atom is 0.340 e. The van der Waals surface area contributed by atoms with Crippen LogP contribution in [0.1, 0.15) is 32.1 Å². The van der Waals surface area contributed by atoms with Gasteiger partial charge in [-0.2, -0.15) is 0 Å². The number of aryl methyl sites for hydroxylation is 1. The van der Waals surface area contributed by atoms with Gasteiger partial charge in [-0.05, 0) is 19.4 Å². The number of aromatic nitrogens is 3. The maximum atomic E-state index is 12.2. The summed E-state index contributed by atoms with van der Waals surface area (Å²) in [5.41, 5.74) is 3.27. The van der Waals surface area contributed by atoms with Crippen LogP contribution in [0.5, 0.6) is 0 Å². The highest BCUT2D eigenvalue weighted by Gasteiger charge is 2.23. The van der Waals surface area contributed by atoms with Gasteiger partial charge in [0, 0.05) is 12.8 Å². The van der Waals surface area contributed by atoms with Gasteiger partial charge in [0.15, 0.2) is 0 Å². The molecule has 0 aliphatic carbocycles. The van der Waals surface area contributed by atoms with Crippen molar-refractivity contribution in [2.45, 2.75) is 13.8 Å². The summed E-state index contributed by atoms with van der Waals surface area (Å²) in [5, 5.41) is 10.4. The molecule has 2 aromatic heterocycles. The summed E-state index contributed by atoms with van der Waals surface area (Å²) >= 11 is 1.21. The molecular formula is C13H16N4O4S. The van der Waals surface area contributed by atoms with Gasteiger partial charge in [0.05, 0.1) is 12.2 Å². The average Bonchev–Trinajstić information content (AvgIpc) is 3.07. The number of anilines is 1. The van der Waals surface area contributed by atoms with Crippen molar-refractivity contribution >= 4 is 28.3 Å². The average molecular weight is 324 g/mol. The van der Waals surface area contributed by atoms with E-state index in [4.69, 9.17) is 9.47 Å². The van der Waals surface area contributed by atoms with E-state index < -0.39 is 5.97 Å². The van der Waals surface area contributed by atoms with Crippen molar-refractivity contribution in [3.05, 3.63) is 28.0 Å². The zero-order chi connectivity index (χ0) is 16.1. The minimum absolute atomic E-state index is 0.158. The first-order valence-electron chi connectivity index (χ1n) is 6.47. The lowest BCUT2D eigenvalue weighted by molar-refractivity contribution is 0.0387. The lowest BCUT2D eigenvalue weighted by Gasteiger charge is -2.05. The van der Waals surface area contributed by atoms with Gasteiger partial charge in [0.25, 0.3) is 5.91 Å². The standard InChI is InChI=1S/C13H16N4O4S/c1-7-9(12(19)21-5-4-20-3)8(2)15-10(7)11(18)16-13-17-14-6-22-13/h6,15H,4-5H2,1-3H3,(H,16,17,18). The van der Waals surface area contributed by atoms with Crippen molar-refractivity contribution in [3.63, 3.8) is 0 Å². The third kappa shape index (κ3) is 3.49. The van der Waals surface area contributed by atoms with Gasteiger partial charge in [-0.1, -0.05) is 11.3 Å². The quantitative estimate of drug-likeness (QED) is 0.616. The Morgan fingerprint density at radius 3 is 2.77 bits per heavy atom. The Labute approximate surface area is 130 Å². The van der Waals surface area contributed by atoms with E-state index in [0.717, 1.165) is 0 Å². The summed E-state index contributed by atoms with van der Waals surface area (Å²) in [6.45, 7) is 3.87. The third-order valence-corrected chi connectivity index (χ3v) is 3.58. The van der Waals surface area contributed by atoms with Crippen molar-refractivity contribution in [2.75, 3.05) is 25.6 Å². The van der Waals surface area contributed by atoms with Gasteiger partial charge in [-0.3, -0.25) is 10.1 Å². The summed E-state index contributed by atoms with van der Waals surface area (Å²) in [6, 6.07) is 0. The molecule has 0 spiro atoms. The van der Waals surface area contributed by atoms with Crippen molar-refractivity contribution in [3.8, 4) is 0 Å². The number of methoxy groups -OCH3 is 1. The number of rotatable bonds is 6. The van der Waals surface area contributed by atoms with E-state index in [0.29, 0.717) is 34.3 Å². The molecule has 0 aromatic carbocycles. The molecule has 22 heavy (non-hydrogen) atoms. The number of esters is 1. The van der Waals surface area contributed by atoms with Crippen LogP contribution in [0.15, 0.2) is 5.51 Å². The summed E-state index contributed by atoms with van der Waals surface area (Å²) in [7, 11) is 1.52. The molecule has 0 fully saturated rings. The Balaban J connectivity index is 2.15. The van der Waals surface area contributed by atoms with E-state index in [1.165, 1.54) is 24.0 Å². The molecule has 0 saturated carbocycles. The van der Waals surface area contributed by atoms with Gasteiger partial charge in [0.1, 0.15) is 17.8 Å². The van der Waals surface area contributed by atoms with Crippen molar-refractivity contribution < 1.29 is 19.1 Å². The number of amides is 1. The SMILES string of the molecule is COCCOC(=O)c1c(C)[nH]c(C(=O)Nc2nncs2)c1C. The van der Waals surface area contributed by atoms with E-state index in [1.807, 2.05) is 0 Å². The van der Waals surface area contributed by atoms with E-state index in [9.17, 15) is 9.59 Å². The number of H-pyrrole nitrogens is 1. The lowest BCUT2D eigenvalue weighted by Crippen LogP contribution is -2.14. The molecule has 0 unspecified atom stereocenters. The number of carbonyl (C=O) groups is 2. The van der Waals surface area contributed by atoms with Crippen molar-refractivity contribution in [1.29, 1.82) is 0 Å². The number of nitrogens with zero attached hydrogens (tertiary/aromatic N) is 2. The van der Waals surface area contributed by atoms with Crippen LogP contribution in [0.2, 0.25) is 0 Å². The smallest absolute Gasteiger partial charge is 0.340 e. The second-order valence-corrected chi connectivity index (χ2v) is 5.28. The zero-order valence-corrected chi connectivity index (χ0v) is 13.2. The lowest BCUT2D eigenvalue weighted by atomic mass is 10.1. The fourth-order valence-electron chi connectivity index (χ4n) is 1.96. The summed E-state index contributed by atoms with van der Waals surface area (Å²) < 4.78 is 9.92. The summed E-state index contributed by atoms with van der Waals surface area (Å²) in [4.78, 5) is 27.2. The number of ether oxygens (including phenoxy) is 2. The highest BCUT2D eigenvalue weighted by molar-refractivity contribution is 7.13. The fraction of sp³-hybridized carbons (Fsp3) is 0.385. The molecule has 9 heteroatoms. The van der Waals surface area contributed by atoms with Gasteiger partial charge < -0.3 is 14.5 Å². The Morgan fingerprint density at radius 1 is 1.36 bits per heavy atom. The largest absolute Gasteiger partial charge is 0.460 e. The van der Waals surface area contributed by atoms with E-state index >= 15 is 0 Å². The second kappa shape index (κ2) is 7.14. The number of carbonyl (C=O) groups excluding carboxylic acids is 2. The molecule has 0 aliphatic heterocycles. The first-order valence-corrected chi connectivity index (χ1v) is 7.35. The topological polar surface area (TPSA) is 106 Å². The van der Waals surface area contributed by atoms with Crippen molar-refractivity contribution in [1.82, 2.24) is 15.2 Å². The number of hydrogen-bond donors (Lipinski definition) is 2. The van der Waals surface area contributed by atoms with Crippen LogP contribution in [0.4, 0.5) is 5.13 Å². The molecular weight excluding hydrogens is 308 g/mol. The molecule has 0 bridgehead atoms. The summed E-state index contributed by atoms with van der Waals surface area (Å²) in [5.74, 6) is -0.869. The van der Waals surface area contributed by atoms with Crippen LogP contribution in [-0.4, -0.2) is 47.4 Å². The number of aromatic amines is 1. The third-order valence-electron chi connectivity index (χ3n) is 2.97. The zero-order valence-electron chi connectivity index (χ0n) is 12.4. The molecule has 1 amide bonds. The van der Waals surface area contributed by atoms with Crippen LogP contribution >= 0.6 is 11.3 Å². The Kier molecular flexibility index (Phi) is 5.23. The van der Waals surface area contributed by atoms with Crippen molar-refractivity contribution in [2.24, 2.45) is 0 Å². The predicted octanol–water partition coefficient (Wildman–Crippen LogP) is 1.54. The van der Waals surface area contributed by atoms with Gasteiger partial charge in [-0.15, -0.1) is 10.2 Å². The molecule has 8 nitrogen and oxygen atoms in total. The normalized spacial score (nSPS) is 10.5. The number of hydrogen-bond acceptors (Lipinski definition) is 7. The van der Waals surface area contributed by atoms with Crippen LogP contribution in [-0.2, 0) is 9.47 Å². The van der Waals surface area contributed by atoms with Crippen LogP contribution < -0.4 is 5.32 Å². The molecule has 2 rings (SSSR count). The van der Waals surface area contributed by atoms with Gasteiger partial charge in [0.2, 0.25) is 5.13 Å². The summed E-state index contributed by atoms with van der Waals surface area (Å²) in [6.07, 6.45) is 0. The Morgan fingerprint density at radius 2 is 2.14 bits per heavy atom. The monoisotopic (exact) mass is 324 g/mol. The number of nitrogens with one attached hydrogen (secondary N) is 2. The first-order chi connectivity index (χ1) is 10.5. The van der Waals surface area contributed by atoms with E-state index in [2.05, 4.69) is 20.5 Å². The molecule has 0 radical (unpaired) electrons. The van der Waals surface area contributed by atoms with Crippen LogP contribution in [0, 0.1) is 13.8 Å². The maximum absolute atomic E-state index is 12.2. The Hall–Kier alpha value is -2.26. The van der Waals surface area contributed by atoms with E-state index in [-0.39, 0.29) is 12.5 Å². The fourth-order valence-corrected chi connectivity index (χ4v) is 2.40.